The van der Waals surface area contributed by atoms with Gasteiger partial charge in [0.05, 0.1) is 10.4 Å². The van der Waals surface area contributed by atoms with E-state index in [1.165, 1.54) is 34.5 Å². The number of aryl methyl sites for hydroxylation is 2. The number of benzene rings is 2. The van der Waals surface area contributed by atoms with E-state index in [9.17, 15) is 13.2 Å². The quantitative estimate of drug-likeness (QED) is 0.530. The molecule has 0 saturated heterocycles. The lowest BCUT2D eigenvalue weighted by Crippen LogP contribution is -2.12. The zero-order valence-corrected chi connectivity index (χ0v) is 16.5. The molecular weight excluding hydrogens is 402 g/mol. The standard InChI is InChI=1S/C17H15N5O4S2/c1-21-10-18-19-16(21)27-12-5-3-11(4-6-12)20-28(24,25)13-7-8-14-15(9-13)26-17(23)22(14)2/h3-10,20H,1-2H3. The number of fused-ring (bicyclic) bond motifs is 1. The van der Waals surface area contributed by atoms with Crippen LogP contribution in [0.4, 0.5) is 5.69 Å². The van der Waals surface area contributed by atoms with Crippen LogP contribution < -0.4 is 10.5 Å². The lowest BCUT2D eigenvalue weighted by molar-refractivity contribution is 0.527. The maximum absolute atomic E-state index is 12.7. The Labute approximate surface area is 164 Å². The van der Waals surface area contributed by atoms with Crippen LogP contribution in [0.5, 0.6) is 0 Å². The van der Waals surface area contributed by atoms with Gasteiger partial charge in [-0.15, -0.1) is 10.2 Å². The number of hydrogen-bond acceptors (Lipinski definition) is 7. The smallest absolute Gasteiger partial charge is 0.408 e. The molecule has 11 heteroatoms. The molecule has 0 aliphatic rings. The maximum atomic E-state index is 12.7. The third kappa shape index (κ3) is 3.41. The highest BCUT2D eigenvalue weighted by atomic mass is 32.2. The summed E-state index contributed by atoms with van der Waals surface area (Å²) in [7, 11) is -0.432. The number of oxazole rings is 1. The van der Waals surface area contributed by atoms with Crippen molar-refractivity contribution in [3.63, 3.8) is 0 Å². The molecule has 0 unspecified atom stereocenters. The van der Waals surface area contributed by atoms with Crippen molar-refractivity contribution < 1.29 is 12.8 Å². The molecule has 0 fully saturated rings. The largest absolute Gasteiger partial charge is 0.419 e. The van der Waals surface area contributed by atoms with Crippen molar-refractivity contribution in [3.8, 4) is 0 Å². The van der Waals surface area contributed by atoms with Crippen LogP contribution >= 0.6 is 11.8 Å². The number of sulfonamides is 1. The summed E-state index contributed by atoms with van der Waals surface area (Å²) in [6.07, 6.45) is 1.61. The minimum atomic E-state index is -3.83. The monoisotopic (exact) mass is 417 g/mol. The fraction of sp³-hybridized carbons (Fsp3) is 0.118. The highest BCUT2D eigenvalue weighted by molar-refractivity contribution is 7.99. The highest BCUT2D eigenvalue weighted by Crippen LogP contribution is 2.27. The fourth-order valence-electron chi connectivity index (χ4n) is 2.56. The summed E-state index contributed by atoms with van der Waals surface area (Å²) >= 11 is 1.42. The summed E-state index contributed by atoms with van der Waals surface area (Å²) in [6.45, 7) is 0. The Kier molecular flexibility index (Phi) is 4.47. The van der Waals surface area contributed by atoms with Crippen molar-refractivity contribution in [2.24, 2.45) is 14.1 Å². The van der Waals surface area contributed by atoms with Crippen molar-refractivity contribution in [1.82, 2.24) is 19.3 Å². The molecule has 9 nitrogen and oxygen atoms in total. The molecule has 0 bridgehead atoms. The Morgan fingerprint density at radius 2 is 1.86 bits per heavy atom. The van der Waals surface area contributed by atoms with E-state index in [2.05, 4.69) is 14.9 Å². The van der Waals surface area contributed by atoms with Crippen LogP contribution in [0.2, 0.25) is 0 Å². The lowest BCUT2D eigenvalue weighted by atomic mass is 10.3. The number of nitrogens with zero attached hydrogens (tertiary/aromatic N) is 4. The average Bonchev–Trinajstić information content (AvgIpc) is 3.19. The summed E-state index contributed by atoms with van der Waals surface area (Å²) in [6, 6.07) is 11.2. The maximum Gasteiger partial charge on any atom is 0.419 e. The highest BCUT2D eigenvalue weighted by Gasteiger charge is 2.17. The molecule has 0 spiro atoms. The topological polar surface area (TPSA) is 112 Å². The third-order valence-electron chi connectivity index (χ3n) is 4.06. The first kappa shape index (κ1) is 18.3. The number of anilines is 1. The van der Waals surface area contributed by atoms with Crippen LogP contribution in [0.1, 0.15) is 0 Å². The minimum absolute atomic E-state index is 0.00638. The van der Waals surface area contributed by atoms with Gasteiger partial charge >= 0.3 is 5.76 Å². The molecule has 1 N–H and O–H groups in total. The van der Waals surface area contributed by atoms with E-state index in [0.29, 0.717) is 11.2 Å². The molecule has 0 aliphatic carbocycles. The Bertz CT molecular complexity index is 1320. The normalized spacial score (nSPS) is 11.8. The van der Waals surface area contributed by atoms with Crippen molar-refractivity contribution in [2.45, 2.75) is 14.9 Å². The minimum Gasteiger partial charge on any atom is -0.408 e. The zero-order valence-electron chi connectivity index (χ0n) is 14.9. The molecule has 2 aromatic heterocycles. The summed E-state index contributed by atoms with van der Waals surface area (Å²) in [5.74, 6) is -0.548. The van der Waals surface area contributed by atoms with Gasteiger partial charge in [0.25, 0.3) is 10.0 Å². The van der Waals surface area contributed by atoms with Crippen LogP contribution in [0, 0.1) is 0 Å². The van der Waals surface area contributed by atoms with E-state index in [1.54, 1.807) is 42.2 Å². The Hall–Kier alpha value is -3.05. The molecule has 0 radical (unpaired) electrons. The number of aromatic nitrogens is 4. The molecule has 4 rings (SSSR count). The second-order valence-corrected chi connectivity index (χ2v) is 8.74. The number of nitrogens with one attached hydrogen (secondary N) is 1. The van der Waals surface area contributed by atoms with Gasteiger partial charge in [-0.3, -0.25) is 9.29 Å². The van der Waals surface area contributed by atoms with Gasteiger partial charge in [-0.25, -0.2) is 13.2 Å². The molecule has 2 heterocycles. The molecule has 2 aromatic carbocycles. The van der Waals surface area contributed by atoms with E-state index in [0.717, 1.165) is 10.1 Å². The predicted octanol–water partition coefficient (Wildman–Crippen LogP) is 2.21. The molecule has 0 saturated carbocycles. The van der Waals surface area contributed by atoms with E-state index < -0.39 is 15.8 Å². The van der Waals surface area contributed by atoms with Crippen LogP contribution in [0.25, 0.3) is 11.1 Å². The third-order valence-corrected chi connectivity index (χ3v) is 6.50. The predicted molar refractivity (Wildman–Crippen MR) is 104 cm³/mol. The Morgan fingerprint density at radius 3 is 2.54 bits per heavy atom. The van der Waals surface area contributed by atoms with Crippen LogP contribution in [0.3, 0.4) is 0 Å². The number of hydrogen-bond donors (Lipinski definition) is 1. The van der Waals surface area contributed by atoms with Gasteiger partial charge in [-0.2, -0.15) is 0 Å². The lowest BCUT2D eigenvalue weighted by Gasteiger charge is -2.09. The first-order valence-electron chi connectivity index (χ1n) is 8.08. The summed E-state index contributed by atoms with van der Waals surface area (Å²) in [5.41, 5.74) is 1.15. The molecule has 0 amide bonds. The molecule has 4 aromatic rings. The van der Waals surface area contributed by atoms with E-state index in [1.807, 2.05) is 7.05 Å². The van der Waals surface area contributed by atoms with Crippen molar-refractivity contribution in [1.29, 1.82) is 0 Å². The molecule has 0 aliphatic heterocycles. The molecular formula is C17H15N5O4S2. The second-order valence-electron chi connectivity index (χ2n) is 6.01. The van der Waals surface area contributed by atoms with Crippen molar-refractivity contribution >= 4 is 38.6 Å². The van der Waals surface area contributed by atoms with Crippen LogP contribution in [-0.4, -0.2) is 27.7 Å². The van der Waals surface area contributed by atoms with Gasteiger partial charge in [0, 0.05) is 30.7 Å². The van der Waals surface area contributed by atoms with Crippen molar-refractivity contribution in [3.05, 3.63) is 59.3 Å². The van der Waals surface area contributed by atoms with Gasteiger partial charge in [0.1, 0.15) is 6.33 Å². The van der Waals surface area contributed by atoms with E-state index in [4.69, 9.17) is 4.42 Å². The Balaban J connectivity index is 1.56. The Morgan fingerprint density at radius 1 is 1.11 bits per heavy atom. The summed E-state index contributed by atoms with van der Waals surface area (Å²) in [5, 5.41) is 8.54. The average molecular weight is 417 g/mol. The SMILES string of the molecule is Cn1cnnc1Sc1ccc(NS(=O)(=O)c2ccc3c(c2)oc(=O)n3C)cc1. The van der Waals surface area contributed by atoms with Gasteiger partial charge in [0.15, 0.2) is 10.7 Å². The van der Waals surface area contributed by atoms with Gasteiger partial charge in [0.2, 0.25) is 0 Å². The molecule has 0 atom stereocenters. The second kappa shape index (κ2) is 6.84. The molecule has 144 valence electrons. The first-order chi connectivity index (χ1) is 13.3. The van der Waals surface area contributed by atoms with Crippen LogP contribution in [0.15, 0.2) is 73.0 Å². The van der Waals surface area contributed by atoms with E-state index in [-0.39, 0.29) is 10.5 Å². The van der Waals surface area contributed by atoms with Crippen molar-refractivity contribution in [2.75, 3.05) is 4.72 Å². The summed E-state index contributed by atoms with van der Waals surface area (Å²) in [4.78, 5) is 12.5. The number of rotatable bonds is 5. The first-order valence-corrected chi connectivity index (χ1v) is 10.4. The molecule has 28 heavy (non-hydrogen) atoms. The fourth-order valence-corrected chi connectivity index (χ4v) is 4.39. The van der Waals surface area contributed by atoms with Gasteiger partial charge < -0.3 is 8.98 Å². The van der Waals surface area contributed by atoms with E-state index >= 15 is 0 Å². The summed E-state index contributed by atoms with van der Waals surface area (Å²) < 4.78 is 36.0. The zero-order chi connectivity index (χ0) is 19.9. The van der Waals surface area contributed by atoms with Gasteiger partial charge in [-0.1, -0.05) is 0 Å². The van der Waals surface area contributed by atoms with Crippen LogP contribution in [-0.2, 0) is 24.1 Å². The van der Waals surface area contributed by atoms with Gasteiger partial charge in [-0.05, 0) is 48.2 Å².